The van der Waals surface area contributed by atoms with E-state index in [1.165, 1.54) is 0 Å². The molecule has 0 amide bonds. The first kappa shape index (κ1) is 11.3. The van der Waals surface area contributed by atoms with Crippen LogP contribution in [-0.2, 0) is 0 Å². The minimum atomic E-state index is -4.04. The van der Waals surface area contributed by atoms with Crippen LogP contribution in [0.1, 0.15) is 32.1 Å². The van der Waals surface area contributed by atoms with E-state index < -0.39 is 12.6 Å². The summed E-state index contributed by atoms with van der Waals surface area (Å²) in [6.45, 7) is 0.429. The van der Waals surface area contributed by atoms with Crippen molar-refractivity contribution in [1.82, 2.24) is 0 Å². The van der Waals surface area contributed by atoms with Gasteiger partial charge in [0.1, 0.15) is 0 Å². The Balaban J connectivity index is 2.01. The summed E-state index contributed by atoms with van der Waals surface area (Å²) < 4.78 is 35.2. The van der Waals surface area contributed by atoms with Crippen molar-refractivity contribution in [3.05, 3.63) is 0 Å². The summed E-state index contributed by atoms with van der Waals surface area (Å²) in [7, 11) is 0. The van der Waals surface area contributed by atoms with Gasteiger partial charge in [-0.3, -0.25) is 4.99 Å². The van der Waals surface area contributed by atoms with Gasteiger partial charge < -0.3 is 5.73 Å². The standard InChI is InChI=1S/C9H15F3N2/c10-9(11,12)5-1-2-6-14-8(13)7-3-4-7/h7H,1-6H2,(H2,13,14). The van der Waals surface area contributed by atoms with E-state index in [1.807, 2.05) is 0 Å². The Bertz CT molecular complexity index is 207. The van der Waals surface area contributed by atoms with E-state index >= 15 is 0 Å². The lowest BCUT2D eigenvalue weighted by atomic mass is 10.2. The van der Waals surface area contributed by atoms with Crippen LogP contribution in [0.15, 0.2) is 4.99 Å². The van der Waals surface area contributed by atoms with Gasteiger partial charge in [0.05, 0.1) is 5.84 Å². The molecule has 0 aromatic heterocycles. The molecular formula is C9H15F3N2. The maximum Gasteiger partial charge on any atom is 0.389 e. The highest BCUT2D eigenvalue weighted by molar-refractivity contribution is 5.84. The van der Waals surface area contributed by atoms with Crippen molar-refractivity contribution in [1.29, 1.82) is 0 Å². The van der Waals surface area contributed by atoms with E-state index in [0.29, 0.717) is 24.7 Å². The average molecular weight is 208 g/mol. The molecule has 2 nitrogen and oxygen atoms in total. The van der Waals surface area contributed by atoms with Gasteiger partial charge in [-0.2, -0.15) is 13.2 Å². The summed E-state index contributed by atoms with van der Waals surface area (Å²) in [5.41, 5.74) is 5.57. The van der Waals surface area contributed by atoms with E-state index in [1.54, 1.807) is 0 Å². The van der Waals surface area contributed by atoms with Crippen molar-refractivity contribution in [2.24, 2.45) is 16.6 Å². The van der Waals surface area contributed by atoms with Crippen molar-refractivity contribution in [2.45, 2.75) is 38.3 Å². The van der Waals surface area contributed by atoms with Crippen LogP contribution >= 0.6 is 0 Å². The fourth-order valence-corrected chi connectivity index (χ4v) is 1.15. The largest absolute Gasteiger partial charge is 0.389 e. The predicted molar refractivity (Wildman–Crippen MR) is 49.1 cm³/mol. The molecule has 1 aliphatic carbocycles. The van der Waals surface area contributed by atoms with Gasteiger partial charge in [-0.05, 0) is 25.7 Å². The Morgan fingerprint density at radius 3 is 2.43 bits per heavy atom. The number of rotatable bonds is 5. The first-order chi connectivity index (χ1) is 6.49. The third kappa shape index (κ3) is 5.09. The fourth-order valence-electron chi connectivity index (χ4n) is 1.15. The zero-order valence-electron chi connectivity index (χ0n) is 7.98. The van der Waals surface area contributed by atoms with Crippen LogP contribution in [0.3, 0.4) is 0 Å². The molecule has 0 spiro atoms. The van der Waals surface area contributed by atoms with Crippen LogP contribution in [0.5, 0.6) is 0 Å². The second kappa shape index (κ2) is 4.66. The van der Waals surface area contributed by atoms with Gasteiger partial charge in [-0.15, -0.1) is 0 Å². The summed E-state index contributed by atoms with van der Waals surface area (Å²) in [5.74, 6) is 1.04. The molecule has 5 heteroatoms. The summed E-state index contributed by atoms with van der Waals surface area (Å²) in [4.78, 5) is 4.03. The number of amidine groups is 1. The molecule has 0 unspecified atom stereocenters. The molecular weight excluding hydrogens is 193 g/mol. The second-order valence-corrected chi connectivity index (χ2v) is 3.65. The Labute approximate surface area is 81.4 Å². The summed E-state index contributed by atoms with van der Waals surface area (Å²) >= 11 is 0. The molecule has 0 bridgehead atoms. The van der Waals surface area contributed by atoms with Crippen molar-refractivity contribution in [3.8, 4) is 0 Å². The molecule has 0 aromatic rings. The predicted octanol–water partition coefficient (Wildman–Crippen LogP) is 2.49. The van der Waals surface area contributed by atoms with Gasteiger partial charge in [-0.1, -0.05) is 0 Å². The topological polar surface area (TPSA) is 38.4 Å². The molecule has 0 saturated heterocycles. The Morgan fingerprint density at radius 2 is 1.93 bits per heavy atom. The maximum atomic E-state index is 11.7. The van der Waals surface area contributed by atoms with Gasteiger partial charge in [0, 0.05) is 18.9 Å². The molecule has 0 heterocycles. The molecule has 1 saturated carbocycles. The van der Waals surface area contributed by atoms with Gasteiger partial charge in [0.25, 0.3) is 0 Å². The molecule has 2 N–H and O–H groups in total. The van der Waals surface area contributed by atoms with E-state index in [0.717, 1.165) is 12.8 Å². The monoisotopic (exact) mass is 208 g/mol. The molecule has 1 aliphatic rings. The Hall–Kier alpha value is -0.740. The minimum Gasteiger partial charge on any atom is -0.387 e. The first-order valence-electron chi connectivity index (χ1n) is 4.85. The van der Waals surface area contributed by atoms with Crippen LogP contribution in [0, 0.1) is 5.92 Å². The van der Waals surface area contributed by atoms with E-state index in [4.69, 9.17) is 5.73 Å². The first-order valence-corrected chi connectivity index (χ1v) is 4.85. The number of unbranched alkanes of at least 4 members (excludes halogenated alkanes) is 1. The number of nitrogens with zero attached hydrogens (tertiary/aromatic N) is 1. The molecule has 1 rings (SSSR count). The quantitative estimate of drug-likeness (QED) is 0.420. The maximum absolute atomic E-state index is 11.7. The van der Waals surface area contributed by atoms with Gasteiger partial charge >= 0.3 is 6.18 Å². The summed E-state index contributed by atoms with van der Waals surface area (Å²) in [5, 5.41) is 0. The Kier molecular flexibility index (Phi) is 3.77. The van der Waals surface area contributed by atoms with E-state index in [2.05, 4.69) is 4.99 Å². The normalized spacial score (nSPS) is 18.6. The molecule has 0 radical (unpaired) electrons. The lowest BCUT2D eigenvalue weighted by Crippen LogP contribution is -2.14. The average Bonchev–Trinajstić information content (AvgIpc) is 2.83. The van der Waals surface area contributed by atoms with E-state index in [-0.39, 0.29) is 6.42 Å². The van der Waals surface area contributed by atoms with Crippen molar-refractivity contribution >= 4 is 5.84 Å². The smallest absolute Gasteiger partial charge is 0.387 e. The summed E-state index contributed by atoms with van der Waals surface area (Å²) in [6.07, 6.45) is -1.98. The van der Waals surface area contributed by atoms with Crippen molar-refractivity contribution in [2.75, 3.05) is 6.54 Å². The van der Waals surface area contributed by atoms with Gasteiger partial charge in [0.2, 0.25) is 0 Å². The number of nitrogens with two attached hydrogens (primary N) is 1. The van der Waals surface area contributed by atoms with Crippen LogP contribution in [0.4, 0.5) is 13.2 Å². The number of alkyl halides is 3. The highest BCUT2D eigenvalue weighted by Gasteiger charge is 2.26. The van der Waals surface area contributed by atoms with E-state index in [9.17, 15) is 13.2 Å². The van der Waals surface area contributed by atoms with Crippen LogP contribution in [-0.4, -0.2) is 18.6 Å². The zero-order valence-corrected chi connectivity index (χ0v) is 7.98. The molecule has 14 heavy (non-hydrogen) atoms. The Morgan fingerprint density at radius 1 is 1.29 bits per heavy atom. The molecule has 0 aliphatic heterocycles. The SMILES string of the molecule is NC(=NCCCCC(F)(F)F)C1CC1. The lowest BCUT2D eigenvalue weighted by molar-refractivity contribution is -0.135. The lowest BCUT2D eigenvalue weighted by Gasteiger charge is -2.04. The van der Waals surface area contributed by atoms with Crippen LogP contribution in [0.25, 0.3) is 0 Å². The number of hydrogen-bond donors (Lipinski definition) is 1. The van der Waals surface area contributed by atoms with Crippen LogP contribution < -0.4 is 5.73 Å². The summed E-state index contributed by atoms with van der Waals surface area (Å²) in [6, 6.07) is 0. The zero-order chi connectivity index (χ0) is 10.6. The van der Waals surface area contributed by atoms with Gasteiger partial charge in [-0.25, -0.2) is 0 Å². The number of aliphatic imine (C=N–C) groups is 1. The third-order valence-corrected chi connectivity index (χ3v) is 2.16. The van der Waals surface area contributed by atoms with Crippen LogP contribution in [0.2, 0.25) is 0 Å². The van der Waals surface area contributed by atoms with Crippen molar-refractivity contribution < 1.29 is 13.2 Å². The second-order valence-electron chi connectivity index (χ2n) is 3.65. The minimum absolute atomic E-state index is 0.144. The van der Waals surface area contributed by atoms with Gasteiger partial charge in [0.15, 0.2) is 0 Å². The fraction of sp³-hybridized carbons (Fsp3) is 0.889. The highest BCUT2D eigenvalue weighted by Crippen LogP contribution is 2.28. The number of halogens is 3. The molecule has 82 valence electrons. The third-order valence-electron chi connectivity index (χ3n) is 2.16. The number of hydrogen-bond acceptors (Lipinski definition) is 1. The highest BCUT2D eigenvalue weighted by atomic mass is 19.4. The molecule has 1 fully saturated rings. The molecule has 0 aromatic carbocycles. The molecule has 0 atom stereocenters. The van der Waals surface area contributed by atoms with Crippen molar-refractivity contribution in [3.63, 3.8) is 0 Å².